The fourth-order valence-corrected chi connectivity index (χ4v) is 1.83. The highest BCUT2D eigenvalue weighted by atomic mass is 32.1. The van der Waals surface area contributed by atoms with Crippen LogP contribution in [-0.4, -0.2) is 9.97 Å². The molecule has 0 radical (unpaired) electrons. The number of nitrogens with two attached hydrogens (primary N) is 1. The quantitative estimate of drug-likeness (QED) is 0.739. The summed E-state index contributed by atoms with van der Waals surface area (Å²) in [5.41, 5.74) is 5.75. The van der Waals surface area contributed by atoms with Crippen molar-refractivity contribution >= 4 is 27.2 Å². The minimum Gasteiger partial charge on any atom is -0.396 e. The fraction of sp³-hybridized carbons (Fsp3) is 0.143. The van der Waals surface area contributed by atoms with Gasteiger partial charge in [-0.15, -0.1) is 11.3 Å². The highest BCUT2D eigenvalue weighted by Crippen LogP contribution is 2.36. The average molecular weight is 219 g/mol. The average Bonchev–Trinajstić information content (AvgIpc) is 2.48. The van der Waals surface area contributed by atoms with Gasteiger partial charge in [0.1, 0.15) is 5.52 Å². The van der Waals surface area contributed by atoms with E-state index < -0.39 is 11.2 Å². The number of nitrogen functional groups attached to an aromatic ring is 1. The van der Waals surface area contributed by atoms with Crippen molar-refractivity contribution in [1.82, 2.24) is 9.97 Å². The third-order valence-corrected chi connectivity index (χ3v) is 2.61. The lowest BCUT2D eigenvalue weighted by Gasteiger charge is -1.98. The van der Waals surface area contributed by atoms with Crippen molar-refractivity contribution in [2.45, 2.75) is 6.18 Å². The van der Waals surface area contributed by atoms with Gasteiger partial charge < -0.3 is 5.73 Å². The molecule has 0 saturated heterocycles. The van der Waals surface area contributed by atoms with Crippen LogP contribution in [0.2, 0.25) is 0 Å². The molecule has 2 rings (SSSR count). The van der Waals surface area contributed by atoms with Crippen molar-refractivity contribution in [3.8, 4) is 0 Å². The molecule has 0 amide bonds. The van der Waals surface area contributed by atoms with Crippen molar-refractivity contribution in [1.29, 1.82) is 0 Å². The minimum absolute atomic E-state index is 0.161. The molecule has 2 N–H and O–H groups in total. The number of hydrogen-bond donors (Lipinski definition) is 1. The molecular weight excluding hydrogens is 215 g/mol. The Morgan fingerprint density at radius 2 is 2.00 bits per heavy atom. The van der Waals surface area contributed by atoms with Crippen LogP contribution in [0.25, 0.3) is 10.2 Å². The van der Waals surface area contributed by atoms with Gasteiger partial charge in [0.2, 0.25) is 0 Å². The molecule has 0 fully saturated rings. The van der Waals surface area contributed by atoms with E-state index >= 15 is 0 Å². The Kier molecular flexibility index (Phi) is 1.84. The zero-order valence-electron chi connectivity index (χ0n) is 6.67. The molecule has 0 aliphatic rings. The second-order valence-electron chi connectivity index (χ2n) is 2.59. The van der Waals surface area contributed by atoms with Gasteiger partial charge in [-0.25, -0.2) is 4.98 Å². The van der Waals surface area contributed by atoms with Crippen molar-refractivity contribution in [2.24, 2.45) is 0 Å². The van der Waals surface area contributed by atoms with Gasteiger partial charge in [-0.1, -0.05) is 0 Å². The summed E-state index contributed by atoms with van der Waals surface area (Å²) in [6.45, 7) is 0. The second kappa shape index (κ2) is 2.81. The van der Waals surface area contributed by atoms with Crippen LogP contribution in [0.5, 0.6) is 0 Å². The number of anilines is 1. The van der Waals surface area contributed by atoms with Crippen LogP contribution in [0.4, 0.5) is 18.9 Å². The highest BCUT2D eigenvalue weighted by Gasteiger charge is 2.35. The number of hydrogen-bond acceptors (Lipinski definition) is 4. The Bertz CT molecular complexity index is 476. The summed E-state index contributed by atoms with van der Waals surface area (Å²) >= 11 is 0.540. The first-order valence-electron chi connectivity index (χ1n) is 3.55. The van der Waals surface area contributed by atoms with E-state index in [2.05, 4.69) is 9.97 Å². The Morgan fingerprint density at radius 1 is 1.29 bits per heavy atom. The van der Waals surface area contributed by atoms with E-state index in [-0.39, 0.29) is 11.2 Å². The summed E-state index contributed by atoms with van der Waals surface area (Å²) in [6.07, 6.45) is -1.82. The number of rotatable bonds is 0. The van der Waals surface area contributed by atoms with Gasteiger partial charge >= 0.3 is 6.18 Å². The lowest BCUT2D eigenvalue weighted by molar-refractivity contribution is -0.137. The first-order chi connectivity index (χ1) is 6.48. The zero-order valence-corrected chi connectivity index (χ0v) is 7.49. The molecule has 0 aliphatic carbocycles. The number of aromatic nitrogens is 2. The van der Waals surface area contributed by atoms with Gasteiger partial charge in [0.25, 0.3) is 0 Å². The predicted octanol–water partition coefficient (Wildman–Crippen LogP) is 2.29. The largest absolute Gasteiger partial charge is 0.443 e. The van der Waals surface area contributed by atoms with Gasteiger partial charge in [-0.2, -0.15) is 13.2 Å². The lowest BCUT2D eigenvalue weighted by Crippen LogP contribution is -2.03. The fourth-order valence-electron chi connectivity index (χ4n) is 0.994. The van der Waals surface area contributed by atoms with E-state index in [1.54, 1.807) is 0 Å². The third-order valence-electron chi connectivity index (χ3n) is 1.57. The first kappa shape index (κ1) is 9.20. The summed E-state index contributed by atoms with van der Waals surface area (Å²) in [4.78, 5) is 7.10. The Morgan fingerprint density at radius 3 is 2.57 bits per heavy atom. The maximum atomic E-state index is 12.2. The van der Waals surface area contributed by atoms with Gasteiger partial charge in [0, 0.05) is 6.20 Å². The summed E-state index contributed by atoms with van der Waals surface area (Å²) in [6, 6.07) is 0. The summed E-state index contributed by atoms with van der Waals surface area (Å²) < 4.78 is 37.1. The molecule has 0 bridgehead atoms. The van der Waals surface area contributed by atoms with E-state index in [0.717, 1.165) is 0 Å². The zero-order chi connectivity index (χ0) is 10.3. The summed E-state index contributed by atoms with van der Waals surface area (Å²) in [5.74, 6) is 0. The maximum Gasteiger partial charge on any atom is 0.443 e. The van der Waals surface area contributed by atoms with Gasteiger partial charge in [-0.3, -0.25) is 4.98 Å². The minimum atomic E-state index is -4.42. The smallest absolute Gasteiger partial charge is 0.396 e. The van der Waals surface area contributed by atoms with Gasteiger partial charge in [0.05, 0.1) is 16.6 Å². The molecule has 0 unspecified atom stereocenters. The molecule has 2 heterocycles. The number of thiazole rings is 1. The van der Waals surface area contributed by atoms with E-state index in [9.17, 15) is 13.2 Å². The van der Waals surface area contributed by atoms with Crippen LogP contribution in [0.1, 0.15) is 5.01 Å². The van der Waals surface area contributed by atoms with Crippen LogP contribution in [-0.2, 0) is 6.18 Å². The third kappa shape index (κ3) is 1.39. The Balaban J connectivity index is 2.69. The molecule has 0 aromatic carbocycles. The Hall–Kier alpha value is -1.37. The number of alkyl halides is 3. The van der Waals surface area contributed by atoms with Crippen LogP contribution in [0.3, 0.4) is 0 Å². The van der Waals surface area contributed by atoms with Crippen LogP contribution in [0, 0.1) is 0 Å². The van der Waals surface area contributed by atoms with Crippen molar-refractivity contribution < 1.29 is 13.2 Å². The number of nitrogens with zero attached hydrogens (tertiary/aromatic N) is 2. The molecule has 2 aromatic rings. The van der Waals surface area contributed by atoms with Gasteiger partial charge in [0.15, 0.2) is 5.01 Å². The van der Waals surface area contributed by atoms with Crippen molar-refractivity contribution in [3.05, 3.63) is 17.4 Å². The van der Waals surface area contributed by atoms with Crippen LogP contribution < -0.4 is 5.73 Å². The topological polar surface area (TPSA) is 51.8 Å². The summed E-state index contributed by atoms with van der Waals surface area (Å²) in [7, 11) is 0. The van der Waals surface area contributed by atoms with E-state index in [1.807, 2.05) is 0 Å². The molecule has 0 aliphatic heterocycles. The second-order valence-corrected chi connectivity index (χ2v) is 3.62. The number of halogens is 3. The van der Waals surface area contributed by atoms with Gasteiger partial charge in [-0.05, 0) is 0 Å². The molecule has 14 heavy (non-hydrogen) atoms. The lowest BCUT2D eigenvalue weighted by atomic mass is 10.4. The van der Waals surface area contributed by atoms with E-state index in [4.69, 9.17) is 5.73 Å². The highest BCUT2D eigenvalue weighted by molar-refractivity contribution is 7.18. The first-order valence-corrected chi connectivity index (χ1v) is 4.37. The normalized spacial score (nSPS) is 12.2. The number of pyridine rings is 1. The molecule has 0 spiro atoms. The van der Waals surface area contributed by atoms with Crippen molar-refractivity contribution in [3.63, 3.8) is 0 Å². The SMILES string of the molecule is Nc1cncc2sc(C(F)(F)F)nc12. The van der Waals surface area contributed by atoms with E-state index in [0.29, 0.717) is 16.0 Å². The molecule has 7 heteroatoms. The standard InChI is InChI=1S/C7H4F3N3S/c8-7(9,10)6-13-5-3(11)1-12-2-4(5)14-6/h1-2H,11H2. The Labute approximate surface area is 80.4 Å². The molecule has 0 atom stereocenters. The molecule has 2 aromatic heterocycles. The van der Waals surface area contributed by atoms with Crippen LogP contribution in [0.15, 0.2) is 12.4 Å². The van der Waals surface area contributed by atoms with Crippen molar-refractivity contribution in [2.75, 3.05) is 5.73 Å². The predicted molar refractivity (Wildman–Crippen MR) is 46.8 cm³/mol. The monoisotopic (exact) mass is 219 g/mol. The number of fused-ring (bicyclic) bond motifs is 1. The van der Waals surface area contributed by atoms with Crippen LogP contribution >= 0.6 is 11.3 Å². The summed E-state index contributed by atoms with van der Waals surface area (Å²) in [5, 5.41) is -0.896. The molecular formula is C7H4F3N3S. The molecule has 74 valence electrons. The molecule has 0 saturated carbocycles. The van der Waals surface area contributed by atoms with E-state index in [1.165, 1.54) is 12.4 Å². The molecule has 3 nitrogen and oxygen atoms in total. The maximum absolute atomic E-state index is 12.2.